The number of alkyl halides is 3. The van der Waals surface area contributed by atoms with Crippen LogP contribution in [0.5, 0.6) is 0 Å². The zero-order chi connectivity index (χ0) is 11.0. The van der Waals surface area contributed by atoms with Gasteiger partial charge in [-0.2, -0.15) is 18.3 Å². The van der Waals surface area contributed by atoms with Gasteiger partial charge in [-0.25, -0.2) is 13.6 Å². The van der Waals surface area contributed by atoms with Crippen molar-refractivity contribution in [2.45, 2.75) is 17.7 Å². The number of nitrogens with zero attached hydrogens (tertiary/aromatic N) is 2. The van der Waals surface area contributed by atoms with Crippen LogP contribution in [-0.2, 0) is 16.6 Å². The normalized spacial score (nSPS) is 13.1. The van der Waals surface area contributed by atoms with E-state index in [1.165, 1.54) is 0 Å². The molecular formula is C5H6F3N3O2S. The molecule has 9 heteroatoms. The van der Waals surface area contributed by atoms with Crippen LogP contribution < -0.4 is 5.14 Å². The van der Waals surface area contributed by atoms with Gasteiger partial charge in [-0.1, -0.05) is 0 Å². The Hall–Kier alpha value is -1.09. The van der Waals surface area contributed by atoms with Crippen LogP contribution in [0, 0.1) is 0 Å². The maximum absolute atomic E-state index is 11.8. The number of hydrogen-bond donors (Lipinski definition) is 1. The largest absolute Gasteiger partial charge is 0.408 e. The van der Waals surface area contributed by atoms with Crippen LogP contribution in [0.4, 0.5) is 13.2 Å². The van der Waals surface area contributed by atoms with Crippen molar-refractivity contribution in [3.8, 4) is 0 Å². The first-order chi connectivity index (χ1) is 6.18. The smallest absolute Gasteiger partial charge is 0.262 e. The molecule has 0 fully saturated rings. The number of nitrogens with two attached hydrogens (primary N) is 1. The van der Waals surface area contributed by atoms with Gasteiger partial charge < -0.3 is 0 Å². The lowest BCUT2D eigenvalue weighted by atomic mass is 10.6. The van der Waals surface area contributed by atoms with Gasteiger partial charge in [0.1, 0.15) is 6.54 Å². The molecule has 1 aromatic rings. The Bertz CT molecular complexity index is 422. The van der Waals surface area contributed by atoms with E-state index >= 15 is 0 Å². The van der Waals surface area contributed by atoms with Gasteiger partial charge in [0.25, 0.3) is 10.0 Å². The van der Waals surface area contributed by atoms with E-state index in [1.807, 2.05) is 0 Å². The van der Waals surface area contributed by atoms with Crippen LogP contribution >= 0.6 is 0 Å². The van der Waals surface area contributed by atoms with Crippen LogP contribution in [0.1, 0.15) is 0 Å². The molecule has 0 saturated carbocycles. The molecule has 1 heterocycles. The quantitative estimate of drug-likeness (QED) is 0.780. The molecule has 0 aromatic carbocycles. The zero-order valence-electron chi connectivity index (χ0n) is 6.69. The van der Waals surface area contributed by atoms with Gasteiger partial charge in [0, 0.05) is 6.20 Å². The van der Waals surface area contributed by atoms with Gasteiger partial charge in [-0.3, -0.25) is 4.68 Å². The molecule has 0 atom stereocenters. The second-order valence-electron chi connectivity index (χ2n) is 2.51. The van der Waals surface area contributed by atoms with E-state index in [2.05, 4.69) is 10.2 Å². The number of sulfonamides is 1. The van der Waals surface area contributed by atoms with Crippen molar-refractivity contribution in [1.82, 2.24) is 9.78 Å². The molecule has 0 spiro atoms. The fraction of sp³-hybridized carbons (Fsp3) is 0.400. The molecular weight excluding hydrogens is 223 g/mol. The molecule has 0 aliphatic carbocycles. The maximum Gasteiger partial charge on any atom is 0.408 e. The minimum absolute atomic E-state index is 0.458. The standard InChI is InChI=1S/C5H6F3N3O2S/c6-5(7,8)3-11-2-1-4(10-11)14(9,12)13/h1-2H,3H2,(H2,9,12,13). The fourth-order valence-corrected chi connectivity index (χ4v) is 1.24. The molecule has 1 aromatic heterocycles. The summed E-state index contributed by atoms with van der Waals surface area (Å²) < 4.78 is 57.1. The Morgan fingerprint density at radius 1 is 1.50 bits per heavy atom. The van der Waals surface area contributed by atoms with Crippen molar-refractivity contribution in [2.75, 3.05) is 0 Å². The van der Waals surface area contributed by atoms with Crippen LogP contribution in [0.2, 0.25) is 0 Å². The van der Waals surface area contributed by atoms with E-state index in [4.69, 9.17) is 0 Å². The topological polar surface area (TPSA) is 78.0 Å². The predicted molar refractivity (Wildman–Crippen MR) is 39.7 cm³/mol. The highest BCUT2D eigenvalue weighted by molar-refractivity contribution is 7.89. The number of primary sulfonamides is 1. The minimum atomic E-state index is -4.44. The third-order valence-corrected chi connectivity index (χ3v) is 2.05. The molecule has 0 aliphatic heterocycles. The molecule has 1 rings (SSSR count). The van der Waals surface area contributed by atoms with E-state index in [0.29, 0.717) is 4.68 Å². The number of hydrogen-bond acceptors (Lipinski definition) is 3. The van der Waals surface area contributed by atoms with Crippen LogP contribution in [0.25, 0.3) is 0 Å². The van der Waals surface area contributed by atoms with E-state index < -0.39 is 27.8 Å². The summed E-state index contributed by atoms with van der Waals surface area (Å²) in [5, 5.41) is 7.22. The zero-order valence-corrected chi connectivity index (χ0v) is 7.51. The van der Waals surface area contributed by atoms with Crippen LogP contribution in [-0.4, -0.2) is 24.4 Å². The van der Waals surface area contributed by atoms with Crippen LogP contribution in [0.15, 0.2) is 17.3 Å². The summed E-state index contributed by atoms with van der Waals surface area (Å²) >= 11 is 0. The molecule has 0 unspecified atom stereocenters. The lowest BCUT2D eigenvalue weighted by Crippen LogP contribution is -2.19. The second kappa shape index (κ2) is 3.24. The highest BCUT2D eigenvalue weighted by Gasteiger charge is 2.28. The Balaban J connectivity index is 2.90. The fourth-order valence-electron chi connectivity index (χ4n) is 0.767. The molecule has 2 N–H and O–H groups in total. The SMILES string of the molecule is NS(=O)(=O)c1ccn(CC(F)(F)F)n1. The molecule has 5 nitrogen and oxygen atoms in total. The molecule has 0 aliphatic rings. The molecule has 14 heavy (non-hydrogen) atoms. The third-order valence-electron chi connectivity index (χ3n) is 1.25. The Labute approximate surface area is 77.4 Å². The van der Waals surface area contributed by atoms with Crippen molar-refractivity contribution < 1.29 is 21.6 Å². The lowest BCUT2D eigenvalue weighted by Gasteiger charge is -2.04. The number of rotatable bonds is 2. The Morgan fingerprint density at radius 3 is 2.43 bits per heavy atom. The summed E-state index contributed by atoms with van der Waals surface area (Å²) in [6.07, 6.45) is -3.55. The van der Waals surface area contributed by atoms with E-state index in [-0.39, 0.29) is 0 Å². The molecule has 0 amide bonds. The van der Waals surface area contributed by atoms with Gasteiger partial charge in [-0.05, 0) is 6.07 Å². The lowest BCUT2D eigenvalue weighted by molar-refractivity contribution is -0.142. The average molecular weight is 229 g/mol. The van der Waals surface area contributed by atoms with Crippen molar-refractivity contribution in [1.29, 1.82) is 0 Å². The molecule has 0 saturated heterocycles. The van der Waals surface area contributed by atoms with Gasteiger partial charge in [-0.15, -0.1) is 0 Å². The monoisotopic (exact) mass is 229 g/mol. The van der Waals surface area contributed by atoms with Crippen molar-refractivity contribution in [3.63, 3.8) is 0 Å². The van der Waals surface area contributed by atoms with Gasteiger partial charge >= 0.3 is 6.18 Å². The third kappa shape index (κ3) is 3.00. The summed E-state index contributed by atoms with van der Waals surface area (Å²) in [5.74, 6) is 0. The van der Waals surface area contributed by atoms with E-state index in [0.717, 1.165) is 12.3 Å². The summed E-state index contributed by atoms with van der Waals surface area (Å²) in [5.41, 5.74) is 0. The maximum atomic E-state index is 11.8. The highest BCUT2D eigenvalue weighted by atomic mass is 32.2. The average Bonchev–Trinajstić information content (AvgIpc) is 2.29. The van der Waals surface area contributed by atoms with E-state index in [1.54, 1.807) is 0 Å². The summed E-state index contributed by atoms with van der Waals surface area (Å²) in [4.78, 5) is 0. The van der Waals surface area contributed by atoms with Crippen molar-refractivity contribution in [2.24, 2.45) is 5.14 Å². The number of aromatic nitrogens is 2. The Morgan fingerprint density at radius 2 is 2.07 bits per heavy atom. The summed E-state index contributed by atoms with van der Waals surface area (Å²) in [6.45, 7) is -1.34. The summed E-state index contributed by atoms with van der Waals surface area (Å²) in [6, 6.07) is 0.904. The van der Waals surface area contributed by atoms with Gasteiger partial charge in [0.2, 0.25) is 0 Å². The first-order valence-corrected chi connectivity index (χ1v) is 4.86. The highest BCUT2D eigenvalue weighted by Crippen LogP contribution is 2.17. The summed E-state index contributed by atoms with van der Waals surface area (Å²) in [7, 11) is -4.04. The van der Waals surface area contributed by atoms with E-state index in [9.17, 15) is 21.6 Å². The van der Waals surface area contributed by atoms with Gasteiger partial charge in [0.15, 0.2) is 5.03 Å². The minimum Gasteiger partial charge on any atom is -0.262 e. The van der Waals surface area contributed by atoms with Gasteiger partial charge in [0.05, 0.1) is 0 Å². The predicted octanol–water partition coefficient (Wildman–Crippen LogP) is 0.0928. The first-order valence-electron chi connectivity index (χ1n) is 3.31. The molecule has 0 radical (unpaired) electrons. The van der Waals surface area contributed by atoms with Crippen molar-refractivity contribution in [3.05, 3.63) is 12.3 Å². The van der Waals surface area contributed by atoms with Crippen LogP contribution in [0.3, 0.4) is 0 Å². The Kier molecular flexibility index (Phi) is 2.54. The number of halogens is 3. The molecule has 80 valence electrons. The second-order valence-corrected chi connectivity index (χ2v) is 4.02. The van der Waals surface area contributed by atoms with Crippen molar-refractivity contribution >= 4 is 10.0 Å². The first kappa shape index (κ1) is 11.0. The molecule has 0 bridgehead atoms.